The monoisotopic (exact) mass is 1370 g/mol. The van der Waals surface area contributed by atoms with Crippen molar-refractivity contribution in [3.8, 4) is 0 Å². The van der Waals surface area contributed by atoms with Crippen LogP contribution in [0.25, 0.3) is 16.9 Å². The van der Waals surface area contributed by atoms with Crippen LogP contribution in [0.3, 0.4) is 0 Å². The molecule has 0 saturated carbocycles. The molecule has 0 bridgehead atoms. The number of fused-ring (bicyclic) bond motifs is 3. The van der Waals surface area contributed by atoms with Gasteiger partial charge in [-0.25, -0.2) is 4.39 Å². The number of rotatable bonds is 6. The van der Waals surface area contributed by atoms with E-state index in [1.165, 1.54) is 29.3 Å². The quantitative estimate of drug-likeness (QED) is 0.148. The van der Waals surface area contributed by atoms with Gasteiger partial charge in [0.25, 0.3) is 17.7 Å². The number of piperidine rings is 3. The van der Waals surface area contributed by atoms with Crippen LogP contribution in [-0.2, 0) is 12.4 Å². The fraction of sp³-hybridized carbons (Fsp3) is 0.328. The van der Waals surface area contributed by atoms with Crippen LogP contribution in [0, 0.1) is 19.7 Å². The Labute approximate surface area is 506 Å². The standard InChI is InChI=1S/C20H18BrF3N4O.C19H18BrClN4O.C19H15BrF4N4O/c1-12-2-4-16(20(22,23)24)15(10-12)13-6-8-27(9-7-13)19(29)18-26-25-17-5-3-14(21)11-28(17)18;1-12-2-4-16(21)15(10-12)13-6-8-24(9-7-13)19(26)18-23-22-17-5-3-14(20)11-25(17)18;20-12-4-5-15-25-26-17(28(15)10-12)18(29)27-8-6-11(7-9-27)13-2-1-3-14(21)16(13)19(22,23)24/h2-5,10-11,13H,6-9H2,1H3;2-5,10-11,13H,6-9H2,1H3;1-5,10-11H,6-9H2. The zero-order valence-electron chi connectivity index (χ0n) is 44.9. The lowest BCUT2D eigenvalue weighted by Gasteiger charge is -2.33. The molecule has 3 aromatic carbocycles. The second-order valence-corrected chi connectivity index (χ2v) is 24.0. The Morgan fingerprint density at radius 2 is 0.845 bits per heavy atom. The summed E-state index contributed by atoms with van der Waals surface area (Å²) in [5, 5.41) is 24.9. The molecule has 0 N–H and O–H groups in total. The molecule has 0 spiro atoms. The first-order valence-corrected chi connectivity index (χ1v) is 29.5. The van der Waals surface area contributed by atoms with Gasteiger partial charge in [0, 0.05) is 76.3 Å². The molecule has 0 atom stereocenters. The maximum absolute atomic E-state index is 13.9. The van der Waals surface area contributed by atoms with E-state index >= 15 is 0 Å². The third kappa shape index (κ3) is 13.2. The van der Waals surface area contributed by atoms with Gasteiger partial charge in [-0.3, -0.25) is 27.6 Å². The highest BCUT2D eigenvalue weighted by Gasteiger charge is 2.40. The molecule has 3 aliphatic rings. The van der Waals surface area contributed by atoms with Crippen molar-refractivity contribution in [3.63, 3.8) is 0 Å². The highest BCUT2D eigenvalue weighted by Crippen LogP contribution is 2.42. The molecule has 438 valence electrons. The number of aryl methyl sites for hydroxylation is 2. The topological polar surface area (TPSA) is 151 Å². The number of hydrogen-bond acceptors (Lipinski definition) is 9. The Hall–Kier alpha value is -6.83. The lowest BCUT2D eigenvalue weighted by Crippen LogP contribution is -2.39. The summed E-state index contributed by atoms with van der Waals surface area (Å²) in [6, 6.07) is 24.6. The van der Waals surface area contributed by atoms with Crippen LogP contribution < -0.4 is 0 Å². The van der Waals surface area contributed by atoms with Gasteiger partial charge >= 0.3 is 12.4 Å². The van der Waals surface area contributed by atoms with Crippen LogP contribution in [0.15, 0.2) is 123 Å². The molecule has 9 aromatic rings. The minimum absolute atomic E-state index is 0.0542. The Kier molecular flexibility index (Phi) is 18.0. The van der Waals surface area contributed by atoms with Crippen molar-refractivity contribution in [2.24, 2.45) is 0 Å². The average Bonchev–Trinajstić information content (AvgIpc) is 4.34. The molecule has 0 unspecified atom stereocenters. The first-order chi connectivity index (χ1) is 40.0. The van der Waals surface area contributed by atoms with Gasteiger partial charge in [0.2, 0.25) is 17.5 Å². The normalized spacial score (nSPS) is 15.8. The van der Waals surface area contributed by atoms with Gasteiger partial charge in [-0.05, 0) is 189 Å². The molecular formula is C58H51Br3ClF7N12O3. The van der Waals surface area contributed by atoms with Crippen LogP contribution in [0.4, 0.5) is 30.7 Å². The van der Waals surface area contributed by atoms with E-state index in [1.54, 1.807) is 66.6 Å². The van der Waals surface area contributed by atoms with Crippen LogP contribution in [0.2, 0.25) is 5.02 Å². The summed E-state index contributed by atoms with van der Waals surface area (Å²) in [7, 11) is 0. The molecule has 15 nitrogen and oxygen atoms in total. The molecule has 0 radical (unpaired) electrons. The Morgan fingerprint density at radius 3 is 1.24 bits per heavy atom. The number of carbonyl (C=O) groups is 3. The Bertz CT molecular complexity index is 3820. The van der Waals surface area contributed by atoms with E-state index in [-0.39, 0.29) is 53.9 Å². The predicted molar refractivity (Wildman–Crippen MR) is 309 cm³/mol. The van der Waals surface area contributed by atoms with Gasteiger partial charge in [0.15, 0.2) is 16.9 Å². The molecule has 3 fully saturated rings. The van der Waals surface area contributed by atoms with Gasteiger partial charge < -0.3 is 14.7 Å². The number of pyridine rings is 3. The number of carbonyl (C=O) groups excluding carboxylic acids is 3. The number of likely N-dealkylation sites (tertiary alicyclic amines) is 3. The highest BCUT2D eigenvalue weighted by atomic mass is 79.9. The van der Waals surface area contributed by atoms with Crippen LogP contribution in [0.1, 0.15) is 127 Å². The number of hydrogen-bond donors (Lipinski definition) is 0. The second-order valence-electron chi connectivity index (χ2n) is 20.8. The maximum Gasteiger partial charge on any atom is 0.419 e. The van der Waals surface area contributed by atoms with E-state index in [4.69, 9.17) is 11.6 Å². The van der Waals surface area contributed by atoms with Crippen LogP contribution in [-0.4, -0.2) is 115 Å². The van der Waals surface area contributed by atoms with E-state index in [0.29, 0.717) is 86.1 Å². The van der Waals surface area contributed by atoms with Crippen molar-refractivity contribution in [3.05, 3.63) is 190 Å². The van der Waals surface area contributed by atoms with E-state index in [9.17, 15) is 45.1 Å². The number of halogens is 11. The minimum atomic E-state index is -4.76. The van der Waals surface area contributed by atoms with Crippen molar-refractivity contribution in [1.29, 1.82) is 0 Å². The van der Waals surface area contributed by atoms with Gasteiger partial charge in [-0.1, -0.05) is 59.1 Å². The lowest BCUT2D eigenvalue weighted by molar-refractivity contribution is -0.141. The predicted octanol–water partition coefficient (Wildman–Crippen LogP) is 14.0. The van der Waals surface area contributed by atoms with E-state index < -0.39 is 35.2 Å². The second kappa shape index (κ2) is 25.0. The molecule has 3 amide bonds. The van der Waals surface area contributed by atoms with Crippen molar-refractivity contribution in [2.75, 3.05) is 39.3 Å². The summed E-state index contributed by atoms with van der Waals surface area (Å²) in [6.45, 7) is 6.49. The number of amides is 3. The van der Waals surface area contributed by atoms with Gasteiger partial charge in [0.05, 0.1) is 11.1 Å². The third-order valence-electron chi connectivity index (χ3n) is 15.3. The molecule has 26 heteroatoms. The first-order valence-electron chi connectivity index (χ1n) is 26.7. The van der Waals surface area contributed by atoms with Gasteiger partial charge in [-0.2, -0.15) is 26.3 Å². The summed E-state index contributed by atoms with van der Waals surface area (Å²) < 4.78 is 101. The number of alkyl halides is 6. The molecule has 3 saturated heterocycles. The molecular weight excluding hydrogens is 1320 g/mol. The highest BCUT2D eigenvalue weighted by molar-refractivity contribution is 9.11. The van der Waals surface area contributed by atoms with Crippen molar-refractivity contribution in [1.82, 2.24) is 58.5 Å². The van der Waals surface area contributed by atoms with Gasteiger partial charge in [-0.15, -0.1) is 30.6 Å². The van der Waals surface area contributed by atoms with Crippen LogP contribution in [0.5, 0.6) is 0 Å². The third-order valence-corrected chi connectivity index (χ3v) is 17.1. The summed E-state index contributed by atoms with van der Waals surface area (Å²) >= 11 is 16.5. The van der Waals surface area contributed by atoms with E-state index in [0.717, 1.165) is 49.0 Å². The van der Waals surface area contributed by atoms with Crippen molar-refractivity contribution >= 4 is 94.1 Å². The number of aromatic nitrogens is 9. The number of benzene rings is 3. The lowest BCUT2D eigenvalue weighted by atomic mass is 9.85. The van der Waals surface area contributed by atoms with E-state index in [2.05, 4.69) is 91.4 Å². The zero-order chi connectivity index (χ0) is 59.8. The fourth-order valence-electron chi connectivity index (χ4n) is 11.1. The minimum Gasteiger partial charge on any atom is -0.336 e. The molecule has 84 heavy (non-hydrogen) atoms. The summed E-state index contributed by atoms with van der Waals surface area (Å²) in [5.41, 5.74) is 3.41. The van der Waals surface area contributed by atoms with Crippen LogP contribution >= 0.6 is 59.4 Å². The zero-order valence-corrected chi connectivity index (χ0v) is 50.4. The molecule has 9 heterocycles. The largest absolute Gasteiger partial charge is 0.419 e. The van der Waals surface area contributed by atoms with Crippen molar-refractivity contribution in [2.45, 2.75) is 82.5 Å². The van der Waals surface area contributed by atoms with Gasteiger partial charge in [0.1, 0.15) is 5.82 Å². The molecule has 12 rings (SSSR count). The summed E-state index contributed by atoms with van der Waals surface area (Å²) in [6.07, 6.45) is -0.581. The summed E-state index contributed by atoms with van der Waals surface area (Å²) in [5.74, 6) is -1.59. The van der Waals surface area contributed by atoms with Crippen molar-refractivity contribution < 1.29 is 45.1 Å². The van der Waals surface area contributed by atoms with E-state index in [1.807, 2.05) is 41.4 Å². The number of nitrogens with zero attached hydrogens (tertiary/aromatic N) is 12. The molecule has 6 aromatic heterocycles. The maximum atomic E-state index is 13.9. The summed E-state index contributed by atoms with van der Waals surface area (Å²) in [4.78, 5) is 43.7. The fourth-order valence-corrected chi connectivity index (χ4v) is 12.4. The molecule has 3 aliphatic heterocycles. The average molecular weight is 1370 g/mol. The molecule has 0 aliphatic carbocycles. The Balaban J connectivity index is 0.000000141. The first kappa shape index (κ1) is 60.3. The Morgan fingerprint density at radius 1 is 0.476 bits per heavy atom. The SMILES string of the molecule is Cc1ccc(C(F)(F)F)c(C2CCN(C(=O)c3nnc4ccc(Br)cn34)CC2)c1.Cc1ccc(Cl)c(C2CCN(C(=O)c3nnc4ccc(Br)cn34)CC2)c1.O=C(c1nnc2ccc(Br)cn12)N1CCC(c2cccc(F)c2C(F)(F)F)CC1. The smallest absolute Gasteiger partial charge is 0.336 e.